The number of nitrogens with one attached hydrogen (secondary N) is 2. The van der Waals surface area contributed by atoms with Gasteiger partial charge in [0.2, 0.25) is 0 Å². The number of carbonyl (C=O) groups is 1. The van der Waals surface area contributed by atoms with E-state index < -0.39 is 11.0 Å². The second-order valence-corrected chi connectivity index (χ2v) is 5.20. The van der Waals surface area contributed by atoms with Crippen LogP contribution in [0.2, 0.25) is 0 Å². The molecular weight excluding hydrogens is 336 g/mol. The average molecular weight is 350 g/mol. The standard InChI is InChI=1S/C18H14N4O4/c23-18(20-14-6-2-1-3-7-14)21-19-12-16-9-10-17(26-16)13-5-4-8-15(11-13)22(24)25/h1-12H,(H2,20,21,23)/b19-12-. The Balaban J connectivity index is 1.61. The molecule has 8 heteroatoms. The number of para-hydroxylation sites is 1. The zero-order chi connectivity index (χ0) is 18.4. The van der Waals surface area contributed by atoms with E-state index in [1.54, 1.807) is 48.5 Å². The van der Waals surface area contributed by atoms with Gasteiger partial charge in [0.1, 0.15) is 11.5 Å². The minimum absolute atomic E-state index is 0.0200. The monoisotopic (exact) mass is 350 g/mol. The number of amides is 2. The first kappa shape index (κ1) is 16.9. The summed E-state index contributed by atoms with van der Waals surface area (Å²) >= 11 is 0. The van der Waals surface area contributed by atoms with Crippen LogP contribution in [0.5, 0.6) is 0 Å². The number of non-ortho nitro benzene ring substituents is 1. The molecule has 3 aromatic rings. The lowest BCUT2D eigenvalue weighted by molar-refractivity contribution is -0.384. The molecule has 0 radical (unpaired) electrons. The fourth-order valence-electron chi connectivity index (χ4n) is 2.19. The van der Waals surface area contributed by atoms with Gasteiger partial charge in [0.15, 0.2) is 0 Å². The SMILES string of the molecule is O=C(N/N=C\c1ccc(-c2cccc([N+](=O)[O-])c2)o1)Nc1ccccc1. The molecule has 0 fully saturated rings. The molecule has 2 aromatic carbocycles. The van der Waals surface area contributed by atoms with E-state index in [2.05, 4.69) is 15.8 Å². The van der Waals surface area contributed by atoms with Gasteiger partial charge in [-0.1, -0.05) is 30.3 Å². The molecule has 0 unspecified atom stereocenters. The van der Waals surface area contributed by atoms with Gasteiger partial charge in [0, 0.05) is 23.4 Å². The molecule has 1 aromatic heterocycles. The Bertz CT molecular complexity index is 951. The Hall–Kier alpha value is -3.94. The molecule has 0 saturated carbocycles. The summed E-state index contributed by atoms with van der Waals surface area (Å²) in [6, 6.07) is 17.9. The maximum absolute atomic E-state index is 11.7. The lowest BCUT2D eigenvalue weighted by Gasteiger charge is -2.02. The van der Waals surface area contributed by atoms with E-state index in [9.17, 15) is 14.9 Å². The van der Waals surface area contributed by atoms with E-state index in [1.807, 2.05) is 6.07 Å². The molecule has 3 rings (SSSR count). The van der Waals surface area contributed by atoms with Crippen LogP contribution in [-0.2, 0) is 0 Å². The smallest absolute Gasteiger partial charge is 0.339 e. The number of benzene rings is 2. The molecule has 0 aliphatic rings. The highest BCUT2D eigenvalue weighted by atomic mass is 16.6. The molecule has 0 bridgehead atoms. The molecule has 0 spiro atoms. The second kappa shape index (κ2) is 7.75. The van der Waals surface area contributed by atoms with Crippen LogP contribution in [0.4, 0.5) is 16.2 Å². The minimum atomic E-state index is -0.488. The number of nitro groups is 1. The summed E-state index contributed by atoms with van der Waals surface area (Å²) in [5, 5.41) is 17.3. The number of hydrogen-bond acceptors (Lipinski definition) is 5. The van der Waals surface area contributed by atoms with Crippen LogP contribution < -0.4 is 10.7 Å². The first-order chi connectivity index (χ1) is 12.6. The van der Waals surface area contributed by atoms with Gasteiger partial charge in [-0.15, -0.1) is 0 Å². The highest BCUT2D eigenvalue weighted by Crippen LogP contribution is 2.25. The summed E-state index contributed by atoms with van der Waals surface area (Å²) in [5.41, 5.74) is 3.52. The third kappa shape index (κ3) is 4.32. The predicted molar refractivity (Wildman–Crippen MR) is 97.0 cm³/mol. The molecule has 0 aliphatic heterocycles. The van der Waals surface area contributed by atoms with Crippen LogP contribution in [0.3, 0.4) is 0 Å². The fraction of sp³-hybridized carbons (Fsp3) is 0. The molecular formula is C18H14N4O4. The number of hydrazone groups is 1. The molecule has 1 heterocycles. The van der Waals surface area contributed by atoms with Crippen molar-refractivity contribution >= 4 is 23.6 Å². The summed E-state index contributed by atoms with van der Waals surface area (Å²) < 4.78 is 5.56. The summed E-state index contributed by atoms with van der Waals surface area (Å²) in [6.45, 7) is 0. The van der Waals surface area contributed by atoms with Gasteiger partial charge in [-0.2, -0.15) is 5.10 Å². The molecule has 0 aliphatic carbocycles. The normalized spacial score (nSPS) is 10.6. The van der Waals surface area contributed by atoms with Crippen LogP contribution in [0.25, 0.3) is 11.3 Å². The van der Waals surface area contributed by atoms with Gasteiger partial charge in [-0.05, 0) is 24.3 Å². The van der Waals surface area contributed by atoms with Crippen molar-refractivity contribution < 1.29 is 14.1 Å². The Morgan fingerprint density at radius 1 is 1.08 bits per heavy atom. The van der Waals surface area contributed by atoms with Crippen LogP contribution >= 0.6 is 0 Å². The quantitative estimate of drug-likeness (QED) is 0.411. The molecule has 0 saturated heterocycles. The van der Waals surface area contributed by atoms with Gasteiger partial charge in [-0.3, -0.25) is 10.1 Å². The molecule has 2 N–H and O–H groups in total. The van der Waals surface area contributed by atoms with Crippen LogP contribution in [0, 0.1) is 10.1 Å². The Kier molecular flexibility index (Phi) is 5.04. The maximum Gasteiger partial charge on any atom is 0.339 e. The summed E-state index contributed by atoms with van der Waals surface area (Å²) in [6.07, 6.45) is 1.34. The average Bonchev–Trinajstić information content (AvgIpc) is 3.11. The maximum atomic E-state index is 11.7. The lowest BCUT2D eigenvalue weighted by Crippen LogP contribution is -2.24. The fourth-order valence-corrected chi connectivity index (χ4v) is 2.19. The highest BCUT2D eigenvalue weighted by molar-refractivity contribution is 5.90. The Morgan fingerprint density at radius 3 is 2.65 bits per heavy atom. The molecule has 2 amide bonds. The van der Waals surface area contributed by atoms with Gasteiger partial charge in [-0.25, -0.2) is 10.2 Å². The molecule has 26 heavy (non-hydrogen) atoms. The summed E-state index contributed by atoms with van der Waals surface area (Å²) in [5.74, 6) is 0.857. The second-order valence-electron chi connectivity index (χ2n) is 5.20. The van der Waals surface area contributed by atoms with Crippen molar-refractivity contribution in [3.05, 3.63) is 82.6 Å². The Labute approximate surface area is 148 Å². The van der Waals surface area contributed by atoms with Crippen molar-refractivity contribution in [2.45, 2.75) is 0 Å². The highest BCUT2D eigenvalue weighted by Gasteiger charge is 2.09. The number of nitrogens with zero attached hydrogens (tertiary/aromatic N) is 2. The molecule has 0 atom stereocenters. The van der Waals surface area contributed by atoms with E-state index in [-0.39, 0.29) is 5.69 Å². The third-order valence-corrected chi connectivity index (χ3v) is 3.36. The number of urea groups is 1. The number of anilines is 1. The van der Waals surface area contributed by atoms with Crippen molar-refractivity contribution in [2.75, 3.05) is 5.32 Å². The first-order valence-corrected chi connectivity index (χ1v) is 7.61. The number of hydrogen-bond donors (Lipinski definition) is 2. The minimum Gasteiger partial charge on any atom is -0.455 e. The lowest BCUT2D eigenvalue weighted by atomic mass is 10.1. The van der Waals surface area contributed by atoms with Crippen molar-refractivity contribution in [1.82, 2.24) is 5.43 Å². The Morgan fingerprint density at radius 2 is 1.88 bits per heavy atom. The number of rotatable bonds is 5. The number of carbonyl (C=O) groups excluding carboxylic acids is 1. The van der Waals surface area contributed by atoms with Gasteiger partial charge >= 0.3 is 6.03 Å². The topological polar surface area (TPSA) is 110 Å². The third-order valence-electron chi connectivity index (χ3n) is 3.36. The van der Waals surface area contributed by atoms with E-state index in [1.165, 1.54) is 18.3 Å². The zero-order valence-corrected chi connectivity index (χ0v) is 13.5. The van der Waals surface area contributed by atoms with Crippen molar-refractivity contribution in [1.29, 1.82) is 0 Å². The number of furan rings is 1. The van der Waals surface area contributed by atoms with Crippen LogP contribution in [0.15, 0.2) is 76.2 Å². The predicted octanol–water partition coefficient (Wildman–Crippen LogP) is 4.01. The largest absolute Gasteiger partial charge is 0.455 e. The van der Waals surface area contributed by atoms with Gasteiger partial charge in [0.25, 0.3) is 5.69 Å². The van der Waals surface area contributed by atoms with Gasteiger partial charge in [0.05, 0.1) is 11.1 Å². The first-order valence-electron chi connectivity index (χ1n) is 7.61. The van der Waals surface area contributed by atoms with Crippen LogP contribution in [0.1, 0.15) is 5.76 Å². The number of nitro benzene ring substituents is 1. The van der Waals surface area contributed by atoms with Crippen molar-refractivity contribution in [3.8, 4) is 11.3 Å². The van der Waals surface area contributed by atoms with E-state index in [0.29, 0.717) is 22.8 Å². The van der Waals surface area contributed by atoms with E-state index in [4.69, 9.17) is 4.42 Å². The van der Waals surface area contributed by atoms with Crippen molar-refractivity contribution in [3.63, 3.8) is 0 Å². The van der Waals surface area contributed by atoms with Gasteiger partial charge < -0.3 is 9.73 Å². The molecule has 130 valence electrons. The van der Waals surface area contributed by atoms with Crippen LogP contribution in [-0.4, -0.2) is 17.2 Å². The van der Waals surface area contributed by atoms with Crippen molar-refractivity contribution in [2.24, 2.45) is 5.10 Å². The van der Waals surface area contributed by atoms with E-state index in [0.717, 1.165) is 0 Å². The summed E-state index contributed by atoms with van der Waals surface area (Å²) in [7, 11) is 0. The zero-order valence-electron chi connectivity index (χ0n) is 13.5. The summed E-state index contributed by atoms with van der Waals surface area (Å²) in [4.78, 5) is 22.1. The molecule has 8 nitrogen and oxygen atoms in total. The van der Waals surface area contributed by atoms with E-state index >= 15 is 0 Å².